The Hall–Kier alpha value is -3.40. The monoisotopic (exact) mass is 414 g/mol. The number of nitrogens with one attached hydrogen (secondary N) is 2. The average Bonchev–Trinajstić information content (AvgIpc) is 2.74. The summed E-state index contributed by atoms with van der Waals surface area (Å²) in [7, 11) is 0. The molecule has 31 heavy (non-hydrogen) atoms. The number of hydrogen-bond donors (Lipinski definition) is 2. The van der Waals surface area contributed by atoms with Crippen molar-refractivity contribution in [2.24, 2.45) is 0 Å². The number of amides is 2. The molecule has 0 unspecified atom stereocenters. The van der Waals surface area contributed by atoms with Crippen LogP contribution in [0.3, 0.4) is 0 Å². The Morgan fingerprint density at radius 2 is 1.35 bits per heavy atom. The molecule has 4 heteroatoms. The lowest BCUT2D eigenvalue weighted by Crippen LogP contribution is -2.23. The molecular weight excluding hydrogens is 384 g/mol. The summed E-state index contributed by atoms with van der Waals surface area (Å²) in [6, 6.07) is 20.9. The number of carbonyl (C=O) groups is 2. The predicted molar refractivity (Wildman–Crippen MR) is 127 cm³/mol. The van der Waals surface area contributed by atoms with Crippen molar-refractivity contribution >= 4 is 17.5 Å². The van der Waals surface area contributed by atoms with Crippen LogP contribution >= 0.6 is 0 Å². The van der Waals surface area contributed by atoms with E-state index in [0.717, 1.165) is 22.4 Å². The summed E-state index contributed by atoms with van der Waals surface area (Å²) >= 11 is 0. The largest absolute Gasteiger partial charge is 0.348 e. The van der Waals surface area contributed by atoms with E-state index < -0.39 is 0 Å². The Kier molecular flexibility index (Phi) is 6.59. The molecule has 0 aliphatic rings. The molecule has 0 saturated carbocycles. The highest BCUT2D eigenvalue weighted by Crippen LogP contribution is 2.22. The quantitative estimate of drug-likeness (QED) is 0.556. The molecule has 0 heterocycles. The summed E-state index contributed by atoms with van der Waals surface area (Å²) in [6.07, 6.45) is 0. The normalized spacial score (nSPS) is 11.1. The molecule has 0 aromatic heterocycles. The second-order valence-corrected chi connectivity index (χ2v) is 8.98. The smallest absolute Gasteiger partial charge is 0.255 e. The molecule has 0 radical (unpaired) electrons. The van der Waals surface area contributed by atoms with Crippen LogP contribution in [0.4, 0.5) is 5.69 Å². The van der Waals surface area contributed by atoms with Crippen LogP contribution in [0.1, 0.15) is 63.7 Å². The third-order valence-electron chi connectivity index (χ3n) is 5.31. The predicted octanol–water partition coefficient (Wildman–Crippen LogP) is 5.78. The summed E-state index contributed by atoms with van der Waals surface area (Å²) in [5, 5.41) is 5.89. The molecule has 0 atom stereocenters. The zero-order valence-corrected chi connectivity index (χ0v) is 18.9. The van der Waals surface area contributed by atoms with Crippen molar-refractivity contribution < 1.29 is 9.59 Å². The molecule has 0 saturated heterocycles. The van der Waals surface area contributed by atoms with E-state index >= 15 is 0 Å². The van der Waals surface area contributed by atoms with Gasteiger partial charge < -0.3 is 10.6 Å². The fourth-order valence-electron chi connectivity index (χ4n) is 3.33. The van der Waals surface area contributed by atoms with Gasteiger partial charge in [0.25, 0.3) is 11.8 Å². The van der Waals surface area contributed by atoms with Gasteiger partial charge in [-0.2, -0.15) is 0 Å². The first-order chi connectivity index (χ1) is 14.6. The lowest BCUT2D eigenvalue weighted by molar-refractivity contribution is 0.0949. The maximum Gasteiger partial charge on any atom is 0.255 e. The maximum absolute atomic E-state index is 12.5. The van der Waals surface area contributed by atoms with E-state index in [1.165, 1.54) is 5.56 Å². The van der Waals surface area contributed by atoms with Crippen LogP contribution in [0.2, 0.25) is 0 Å². The summed E-state index contributed by atoms with van der Waals surface area (Å²) in [5.74, 6) is -0.265. The van der Waals surface area contributed by atoms with Gasteiger partial charge in [-0.3, -0.25) is 9.59 Å². The van der Waals surface area contributed by atoms with Crippen LogP contribution in [0.25, 0.3) is 0 Å². The Labute approximate surface area is 184 Å². The molecule has 0 bridgehead atoms. The van der Waals surface area contributed by atoms with Crippen molar-refractivity contribution in [3.8, 4) is 0 Å². The summed E-state index contributed by atoms with van der Waals surface area (Å²) in [4.78, 5) is 25.0. The van der Waals surface area contributed by atoms with E-state index in [2.05, 4.69) is 31.4 Å². The van der Waals surface area contributed by atoms with Crippen LogP contribution in [0, 0.1) is 13.8 Å². The minimum atomic E-state index is -0.151. The number of carbonyl (C=O) groups excluding carboxylic acids is 2. The molecule has 3 aromatic rings. The number of benzene rings is 3. The maximum atomic E-state index is 12.5. The molecule has 2 N–H and O–H groups in total. The molecule has 0 aliphatic heterocycles. The third kappa shape index (κ3) is 5.82. The molecule has 4 nitrogen and oxygen atoms in total. The van der Waals surface area contributed by atoms with Crippen LogP contribution in [0.5, 0.6) is 0 Å². The van der Waals surface area contributed by atoms with Crippen molar-refractivity contribution in [2.75, 3.05) is 5.32 Å². The van der Waals surface area contributed by atoms with Crippen molar-refractivity contribution in [1.29, 1.82) is 0 Å². The molecule has 0 aliphatic carbocycles. The number of hydrogen-bond acceptors (Lipinski definition) is 2. The van der Waals surface area contributed by atoms with Crippen LogP contribution < -0.4 is 10.6 Å². The Morgan fingerprint density at radius 3 is 1.94 bits per heavy atom. The van der Waals surface area contributed by atoms with Gasteiger partial charge >= 0.3 is 0 Å². The summed E-state index contributed by atoms with van der Waals surface area (Å²) in [5.41, 5.74) is 6.40. The zero-order chi connectivity index (χ0) is 22.6. The standard InChI is InChI=1S/C27H30N2O2/c1-18-6-15-24(19(2)16-18)29-26(31)22-9-7-20(8-10-22)17-28-25(30)21-11-13-23(14-12-21)27(3,4)5/h6-16H,17H2,1-5H3,(H,28,30)(H,29,31). The fraction of sp³-hybridized carbons (Fsp3) is 0.259. The first-order valence-electron chi connectivity index (χ1n) is 10.5. The molecule has 3 aromatic carbocycles. The zero-order valence-electron chi connectivity index (χ0n) is 18.9. The molecule has 0 fully saturated rings. The first kappa shape index (κ1) is 22.3. The van der Waals surface area contributed by atoms with Crippen LogP contribution in [-0.2, 0) is 12.0 Å². The second-order valence-electron chi connectivity index (χ2n) is 8.98. The van der Waals surface area contributed by atoms with E-state index in [4.69, 9.17) is 0 Å². The van der Waals surface area contributed by atoms with E-state index in [1.807, 2.05) is 68.4 Å². The van der Waals surface area contributed by atoms with Gasteiger partial charge in [-0.05, 0) is 66.3 Å². The molecule has 3 rings (SSSR count). The number of aryl methyl sites for hydroxylation is 2. The van der Waals surface area contributed by atoms with Crippen molar-refractivity contribution in [1.82, 2.24) is 5.32 Å². The molecular formula is C27H30N2O2. The number of anilines is 1. The Morgan fingerprint density at radius 1 is 0.774 bits per heavy atom. The van der Waals surface area contributed by atoms with Gasteiger partial charge in [0.15, 0.2) is 0 Å². The topological polar surface area (TPSA) is 58.2 Å². The van der Waals surface area contributed by atoms with E-state index in [0.29, 0.717) is 17.7 Å². The fourth-order valence-corrected chi connectivity index (χ4v) is 3.33. The Bertz CT molecular complexity index is 1080. The highest BCUT2D eigenvalue weighted by Gasteiger charge is 2.14. The lowest BCUT2D eigenvalue weighted by Gasteiger charge is -2.19. The highest BCUT2D eigenvalue weighted by molar-refractivity contribution is 6.04. The summed E-state index contributed by atoms with van der Waals surface area (Å²) in [6.45, 7) is 10.8. The van der Waals surface area contributed by atoms with E-state index in [1.54, 1.807) is 12.1 Å². The molecule has 2 amide bonds. The van der Waals surface area contributed by atoms with Crippen LogP contribution in [0.15, 0.2) is 66.7 Å². The van der Waals surface area contributed by atoms with Crippen LogP contribution in [-0.4, -0.2) is 11.8 Å². The van der Waals surface area contributed by atoms with Gasteiger partial charge in [-0.25, -0.2) is 0 Å². The Balaban J connectivity index is 1.57. The van der Waals surface area contributed by atoms with Gasteiger partial charge in [0.2, 0.25) is 0 Å². The first-order valence-corrected chi connectivity index (χ1v) is 10.5. The third-order valence-corrected chi connectivity index (χ3v) is 5.31. The van der Waals surface area contributed by atoms with Crippen molar-refractivity contribution in [3.05, 3.63) is 100 Å². The average molecular weight is 415 g/mol. The van der Waals surface area contributed by atoms with E-state index in [-0.39, 0.29) is 17.2 Å². The van der Waals surface area contributed by atoms with Gasteiger partial charge in [0.1, 0.15) is 0 Å². The second kappa shape index (κ2) is 9.17. The summed E-state index contributed by atoms with van der Waals surface area (Å²) < 4.78 is 0. The van der Waals surface area contributed by atoms with Gasteiger partial charge in [-0.15, -0.1) is 0 Å². The highest BCUT2D eigenvalue weighted by atomic mass is 16.2. The van der Waals surface area contributed by atoms with Crippen molar-refractivity contribution in [3.63, 3.8) is 0 Å². The SMILES string of the molecule is Cc1ccc(NC(=O)c2ccc(CNC(=O)c3ccc(C(C)(C)C)cc3)cc2)c(C)c1. The molecule has 0 spiro atoms. The molecule has 160 valence electrons. The minimum absolute atomic E-state index is 0.0567. The van der Waals surface area contributed by atoms with Crippen molar-refractivity contribution in [2.45, 2.75) is 46.6 Å². The number of rotatable bonds is 5. The minimum Gasteiger partial charge on any atom is -0.348 e. The van der Waals surface area contributed by atoms with Gasteiger partial charge in [0.05, 0.1) is 0 Å². The lowest BCUT2D eigenvalue weighted by atomic mass is 9.87. The van der Waals surface area contributed by atoms with Gasteiger partial charge in [0, 0.05) is 23.4 Å². The van der Waals surface area contributed by atoms with Gasteiger partial charge in [-0.1, -0.05) is 62.7 Å². The van der Waals surface area contributed by atoms with E-state index in [9.17, 15) is 9.59 Å².